The number of aryl methyl sites for hydroxylation is 1. The molecule has 2 aliphatic rings. The molecule has 0 spiro atoms. The number of amides is 2. The van der Waals surface area contributed by atoms with Crippen LogP contribution in [0.5, 0.6) is 5.75 Å². The third-order valence-electron chi connectivity index (χ3n) is 7.20. The number of ether oxygens (including phenoxy) is 1. The molecule has 2 aromatic carbocycles. The Balaban J connectivity index is 1.42. The lowest BCUT2D eigenvalue weighted by molar-refractivity contribution is -0.130. The topological polar surface area (TPSA) is 105 Å². The molecule has 1 saturated heterocycles. The molecule has 1 saturated carbocycles. The van der Waals surface area contributed by atoms with Crippen LogP contribution in [-0.4, -0.2) is 48.2 Å². The molecular formula is C30H39N3O5S2. The van der Waals surface area contributed by atoms with Gasteiger partial charge in [-0.25, -0.2) is 0 Å². The van der Waals surface area contributed by atoms with Crippen molar-refractivity contribution in [3.05, 3.63) is 54.1 Å². The van der Waals surface area contributed by atoms with E-state index in [1.807, 2.05) is 19.1 Å². The van der Waals surface area contributed by atoms with Crippen molar-refractivity contribution < 1.29 is 22.7 Å². The molecule has 2 fully saturated rings. The number of sulfonamides is 1. The quantitative estimate of drug-likeness (QED) is 0.293. The number of carbonyl (C=O) groups excluding carboxylic acids is 2. The summed E-state index contributed by atoms with van der Waals surface area (Å²) in [6.45, 7) is 4.71. The van der Waals surface area contributed by atoms with Crippen LogP contribution in [0.2, 0.25) is 0 Å². The van der Waals surface area contributed by atoms with E-state index in [0.717, 1.165) is 68.0 Å². The molecule has 2 aromatic rings. The first-order valence-electron chi connectivity index (χ1n) is 14.2. The number of unbranched alkanes of at least 4 members (excludes halogenated alkanes) is 3. The Bertz CT molecular complexity index is 1290. The predicted molar refractivity (Wildman–Crippen MR) is 160 cm³/mol. The average Bonchev–Trinajstić information content (AvgIpc) is 3.23. The molecular weight excluding hydrogens is 546 g/mol. The normalized spacial score (nSPS) is 19.2. The van der Waals surface area contributed by atoms with Gasteiger partial charge in [0.2, 0.25) is 11.8 Å². The van der Waals surface area contributed by atoms with Crippen LogP contribution in [0.3, 0.4) is 0 Å². The lowest BCUT2D eigenvalue weighted by Crippen LogP contribution is -2.42. The number of thioether (sulfide) groups is 1. The van der Waals surface area contributed by atoms with Crippen molar-refractivity contribution in [1.29, 1.82) is 0 Å². The van der Waals surface area contributed by atoms with Crippen LogP contribution in [-0.2, 0) is 19.6 Å². The first-order valence-corrected chi connectivity index (χ1v) is 16.5. The Morgan fingerprint density at radius 3 is 2.40 bits per heavy atom. The lowest BCUT2D eigenvalue weighted by atomic mass is 9.94. The van der Waals surface area contributed by atoms with E-state index in [1.54, 1.807) is 29.2 Å². The summed E-state index contributed by atoms with van der Waals surface area (Å²) in [6, 6.07) is 13.6. The van der Waals surface area contributed by atoms with Gasteiger partial charge in [-0.3, -0.25) is 14.5 Å². The first kappa shape index (κ1) is 30.1. The van der Waals surface area contributed by atoms with E-state index in [2.05, 4.69) is 16.6 Å². The zero-order chi connectivity index (χ0) is 28.5. The van der Waals surface area contributed by atoms with Gasteiger partial charge in [0.1, 0.15) is 11.0 Å². The number of hydrogen-bond donors (Lipinski definition) is 1. The Morgan fingerprint density at radius 2 is 1.73 bits per heavy atom. The van der Waals surface area contributed by atoms with Gasteiger partial charge in [-0.2, -0.15) is 8.42 Å². The van der Waals surface area contributed by atoms with Crippen LogP contribution in [0.1, 0.15) is 76.7 Å². The van der Waals surface area contributed by atoms with Gasteiger partial charge in [-0.15, -0.1) is 4.40 Å². The monoisotopic (exact) mass is 585 g/mol. The highest BCUT2D eigenvalue weighted by molar-refractivity contribution is 8.16. The second kappa shape index (κ2) is 14.2. The molecule has 2 amide bonds. The van der Waals surface area contributed by atoms with Gasteiger partial charge in [0.15, 0.2) is 5.17 Å². The fourth-order valence-electron chi connectivity index (χ4n) is 4.95. The standard InChI is InChI=1S/C30H39N3O5S2/c1-3-4-5-9-20-38-25-16-14-23(15-17-25)31-28(34)21-27-29(35)33(24-10-7-6-8-11-24)30(39-27)32-40(36,37)26-18-12-22(2)13-19-26/h12-19,24,27H,3-11,20-21H2,1-2H3,(H,31,34)/t27-/m1/s1. The summed E-state index contributed by atoms with van der Waals surface area (Å²) in [4.78, 5) is 28.1. The molecule has 216 valence electrons. The number of amidine groups is 1. The smallest absolute Gasteiger partial charge is 0.284 e. The molecule has 10 heteroatoms. The summed E-state index contributed by atoms with van der Waals surface area (Å²) in [5.41, 5.74) is 1.55. The minimum Gasteiger partial charge on any atom is -0.494 e. The number of rotatable bonds is 12. The minimum atomic E-state index is -4.01. The SMILES string of the molecule is CCCCCCOc1ccc(NC(=O)C[C@H]2SC(=NS(=O)(=O)c3ccc(C)cc3)N(C3CCCCC3)C2=O)cc1. The van der Waals surface area contributed by atoms with Crippen LogP contribution in [0.15, 0.2) is 57.8 Å². The van der Waals surface area contributed by atoms with Gasteiger partial charge in [0.05, 0.1) is 11.5 Å². The van der Waals surface area contributed by atoms with Gasteiger partial charge in [-0.05, 0) is 62.6 Å². The van der Waals surface area contributed by atoms with E-state index < -0.39 is 15.3 Å². The average molecular weight is 586 g/mol. The van der Waals surface area contributed by atoms with Gasteiger partial charge in [0.25, 0.3) is 10.0 Å². The summed E-state index contributed by atoms with van der Waals surface area (Å²) in [6.07, 6.45) is 9.08. The minimum absolute atomic E-state index is 0.0774. The molecule has 0 radical (unpaired) electrons. The van der Waals surface area contributed by atoms with Crippen molar-refractivity contribution in [3.8, 4) is 5.75 Å². The van der Waals surface area contributed by atoms with E-state index >= 15 is 0 Å². The molecule has 0 aromatic heterocycles. The van der Waals surface area contributed by atoms with Gasteiger partial charge in [0, 0.05) is 18.2 Å². The molecule has 1 aliphatic carbocycles. The fraction of sp³-hybridized carbons (Fsp3) is 0.500. The Morgan fingerprint density at radius 1 is 1.02 bits per heavy atom. The van der Waals surface area contributed by atoms with Crippen LogP contribution in [0, 0.1) is 6.92 Å². The summed E-state index contributed by atoms with van der Waals surface area (Å²) in [5, 5.41) is 2.28. The van der Waals surface area contributed by atoms with Crippen LogP contribution < -0.4 is 10.1 Å². The summed E-state index contributed by atoms with van der Waals surface area (Å²) in [7, 11) is -4.01. The number of anilines is 1. The molecule has 0 bridgehead atoms. The van der Waals surface area contributed by atoms with Crippen molar-refractivity contribution in [2.75, 3.05) is 11.9 Å². The predicted octanol–water partition coefficient (Wildman–Crippen LogP) is 6.30. The molecule has 1 N–H and O–H groups in total. The van der Waals surface area contributed by atoms with Gasteiger partial charge < -0.3 is 10.1 Å². The molecule has 1 aliphatic heterocycles. The van der Waals surface area contributed by atoms with E-state index in [4.69, 9.17) is 4.74 Å². The highest BCUT2D eigenvalue weighted by atomic mass is 32.2. The Labute approximate surface area is 242 Å². The third kappa shape index (κ3) is 8.10. The van der Waals surface area contributed by atoms with Crippen molar-refractivity contribution in [2.24, 2.45) is 4.40 Å². The molecule has 4 rings (SSSR count). The van der Waals surface area contributed by atoms with Crippen LogP contribution >= 0.6 is 11.8 Å². The summed E-state index contributed by atoms with van der Waals surface area (Å²) < 4.78 is 36.1. The fourth-order valence-corrected chi connectivity index (χ4v) is 7.35. The lowest BCUT2D eigenvalue weighted by Gasteiger charge is -2.30. The molecule has 0 unspecified atom stereocenters. The molecule has 8 nitrogen and oxygen atoms in total. The number of nitrogens with zero attached hydrogens (tertiary/aromatic N) is 2. The van der Waals surface area contributed by atoms with Crippen LogP contribution in [0.25, 0.3) is 0 Å². The largest absolute Gasteiger partial charge is 0.494 e. The van der Waals surface area contributed by atoms with Crippen molar-refractivity contribution in [3.63, 3.8) is 0 Å². The van der Waals surface area contributed by atoms with Gasteiger partial charge >= 0.3 is 0 Å². The number of hydrogen-bond acceptors (Lipinski definition) is 6. The third-order valence-corrected chi connectivity index (χ3v) is 9.75. The summed E-state index contributed by atoms with van der Waals surface area (Å²) >= 11 is 1.07. The highest BCUT2D eigenvalue weighted by Crippen LogP contribution is 2.36. The first-order chi connectivity index (χ1) is 19.3. The van der Waals surface area contributed by atoms with Gasteiger partial charge in [-0.1, -0.05) is 74.9 Å². The van der Waals surface area contributed by atoms with Crippen LogP contribution in [0.4, 0.5) is 5.69 Å². The zero-order valence-corrected chi connectivity index (χ0v) is 24.9. The van der Waals surface area contributed by atoms with Crippen molar-refractivity contribution in [1.82, 2.24) is 4.90 Å². The van der Waals surface area contributed by atoms with E-state index in [1.165, 1.54) is 25.0 Å². The Kier molecular flexibility index (Phi) is 10.7. The summed E-state index contributed by atoms with van der Waals surface area (Å²) in [5.74, 6) is 0.178. The maximum Gasteiger partial charge on any atom is 0.284 e. The van der Waals surface area contributed by atoms with Crippen molar-refractivity contribution >= 4 is 44.5 Å². The Hall–Kier alpha value is -2.85. The number of nitrogens with one attached hydrogen (secondary N) is 1. The molecule has 40 heavy (non-hydrogen) atoms. The second-order valence-corrected chi connectivity index (χ2v) is 13.2. The highest BCUT2D eigenvalue weighted by Gasteiger charge is 2.43. The maximum atomic E-state index is 13.5. The van der Waals surface area contributed by atoms with Crippen molar-refractivity contribution in [2.45, 2.75) is 94.2 Å². The maximum absolute atomic E-state index is 13.5. The number of benzene rings is 2. The van der Waals surface area contributed by atoms with E-state index in [-0.39, 0.29) is 34.3 Å². The number of carbonyl (C=O) groups is 2. The second-order valence-electron chi connectivity index (χ2n) is 10.5. The molecule has 1 atom stereocenters. The zero-order valence-electron chi connectivity index (χ0n) is 23.3. The molecule has 1 heterocycles. The van der Waals surface area contributed by atoms with E-state index in [0.29, 0.717) is 12.3 Å². The van der Waals surface area contributed by atoms with E-state index in [9.17, 15) is 18.0 Å².